The number of aromatic carboxylic acids is 1. The summed E-state index contributed by atoms with van der Waals surface area (Å²) >= 11 is 6.01. The number of hydrogen-bond acceptors (Lipinski definition) is 3. The Balaban J connectivity index is 2.24. The zero-order valence-electron chi connectivity index (χ0n) is 18.4. The number of halogens is 4. The topological polar surface area (TPSA) is 102 Å². The van der Waals surface area contributed by atoms with E-state index in [-0.39, 0.29) is 27.9 Å². The van der Waals surface area contributed by atoms with Crippen LogP contribution in [0.2, 0.25) is 5.02 Å². The van der Waals surface area contributed by atoms with E-state index in [1.807, 2.05) is 0 Å². The predicted octanol–water partition coefficient (Wildman–Crippen LogP) is 4.55. The molecule has 3 rings (SSSR count). The summed E-state index contributed by atoms with van der Waals surface area (Å²) in [5, 5.41) is 13.0. The molecule has 0 radical (unpaired) electrons. The van der Waals surface area contributed by atoms with Gasteiger partial charge in [-0.25, -0.2) is 18.0 Å². The minimum Gasteiger partial charge on any atom is -0.477 e. The molecule has 34 heavy (non-hydrogen) atoms. The van der Waals surface area contributed by atoms with Crippen LogP contribution in [0.15, 0.2) is 30.3 Å². The molecule has 1 aromatic heterocycles. The number of amides is 2. The van der Waals surface area contributed by atoms with Gasteiger partial charge in [0.15, 0.2) is 11.6 Å². The molecule has 3 N–H and O–H groups in total. The predicted molar refractivity (Wildman–Crippen MR) is 119 cm³/mol. The monoisotopic (exact) mass is 495 g/mol. The van der Waals surface area contributed by atoms with Crippen molar-refractivity contribution in [3.05, 3.63) is 69.6 Å². The lowest BCUT2D eigenvalue weighted by atomic mass is 9.98. The summed E-state index contributed by atoms with van der Waals surface area (Å²) < 4.78 is 41.9. The van der Waals surface area contributed by atoms with Crippen molar-refractivity contribution in [1.82, 2.24) is 15.2 Å². The normalized spacial score (nSPS) is 12.4. The summed E-state index contributed by atoms with van der Waals surface area (Å²) in [4.78, 5) is 41.0. The summed E-state index contributed by atoms with van der Waals surface area (Å²) in [6.45, 7) is 4.29. The Morgan fingerprint density at radius 3 is 2.47 bits per heavy atom. The molecule has 1 heterocycles. The highest BCUT2D eigenvalue weighted by Gasteiger charge is 2.36. The number of aromatic amines is 1. The van der Waals surface area contributed by atoms with Gasteiger partial charge in [-0.3, -0.25) is 9.59 Å². The summed E-state index contributed by atoms with van der Waals surface area (Å²) in [5.74, 6) is -6.15. The van der Waals surface area contributed by atoms with Crippen LogP contribution in [0.1, 0.15) is 48.4 Å². The number of nitrogens with zero attached hydrogens (tertiary/aromatic N) is 1. The number of fused-ring (bicyclic) bond motifs is 1. The molecule has 0 fully saturated rings. The number of carboxylic acid groups (broad SMARTS) is 1. The second-order valence-electron chi connectivity index (χ2n) is 8.69. The first kappa shape index (κ1) is 25.1. The Bertz CT molecular complexity index is 1290. The van der Waals surface area contributed by atoms with Crippen LogP contribution in [0.25, 0.3) is 10.9 Å². The van der Waals surface area contributed by atoms with E-state index in [2.05, 4.69) is 10.3 Å². The molecular formula is C23H21ClF3N3O4. The van der Waals surface area contributed by atoms with Gasteiger partial charge >= 0.3 is 5.97 Å². The number of benzene rings is 2. The maximum Gasteiger partial charge on any atom is 0.352 e. The molecule has 2 aromatic carbocycles. The van der Waals surface area contributed by atoms with Crippen LogP contribution >= 0.6 is 11.6 Å². The molecule has 0 aliphatic rings. The molecule has 1 atom stereocenters. The molecule has 0 aliphatic heterocycles. The van der Waals surface area contributed by atoms with Gasteiger partial charge in [0.25, 0.3) is 0 Å². The average Bonchev–Trinajstić information content (AvgIpc) is 3.08. The molecule has 11 heteroatoms. The van der Waals surface area contributed by atoms with Crippen LogP contribution in [0.4, 0.5) is 13.2 Å². The fourth-order valence-electron chi connectivity index (χ4n) is 3.64. The first-order chi connectivity index (χ1) is 15.8. The fraction of sp³-hybridized carbons (Fsp3) is 0.261. The van der Waals surface area contributed by atoms with Crippen molar-refractivity contribution >= 4 is 40.8 Å². The standard InChI is InChI=1S/C23H21ClF3N3O4/c1-23(2,3)29-21(32)20(30(10-31)9-11-6-13(25)8-15(26)18(11)27)17-14-5-4-12(24)7-16(14)28-19(17)22(33)34/h4-8,10,20,28H,9H2,1-3H3,(H,29,32)(H,33,34). The van der Waals surface area contributed by atoms with Gasteiger partial charge in [0.1, 0.15) is 17.6 Å². The van der Waals surface area contributed by atoms with E-state index < -0.39 is 58.7 Å². The highest BCUT2D eigenvalue weighted by molar-refractivity contribution is 6.31. The Morgan fingerprint density at radius 2 is 1.88 bits per heavy atom. The third-order valence-electron chi connectivity index (χ3n) is 4.92. The number of nitrogens with one attached hydrogen (secondary N) is 2. The van der Waals surface area contributed by atoms with Crippen LogP contribution in [-0.2, 0) is 16.1 Å². The number of carbonyl (C=O) groups excluding carboxylic acids is 2. The van der Waals surface area contributed by atoms with Crippen molar-refractivity contribution in [3.63, 3.8) is 0 Å². The quantitative estimate of drug-likeness (QED) is 0.330. The van der Waals surface area contributed by atoms with Crippen molar-refractivity contribution in [1.29, 1.82) is 0 Å². The van der Waals surface area contributed by atoms with E-state index >= 15 is 0 Å². The summed E-state index contributed by atoms with van der Waals surface area (Å²) in [5.41, 5.74) is -1.53. The molecule has 7 nitrogen and oxygen atoms in total. The number of hydrogen-bond donors (Lipinski definition) is 3. The minimum absolute atomic E-state index is 0.0923. The van der Waals surface area contributed by atoms with Gasteiger partial charge < -0.3 is 20.3 Å². The molecule has 0 bridgehead atoms. The molecule has 0 spiro atoms. The second-order valence-corrected chi connectivity index (χ2v) is 9.13. The number of carbonyl (C=O) groups is 3. The molecule has 2 amide bonds. The van der Waals surface area contributed by atoms with Crippen molar-refractivity contribution in [3.8, 4) is 0 Å². The fourth-order valence-corrected chi connectivity index (χ4v) is 3.81. The Kier molecular flexibility index (Phi) is 6.92. The Morgan fingerprint density at radius 1 is 1.21 bits per heavy atom. The van der Waals surface area contributed by atoms with Gasteiger partial charge in [0.05, 0.1) is 0 Å². The van der Waals surface area contributed by atoms with Gasteiger partial charge in [-0.15, -0.1) is 0 Å². The van der Waals surface area contributed by atoms with Gasteiger partial charge in [-0.2, -0.15) is 0 Å². The van der Waals surface area contributed by atoms with E-state index in [1.165, 1.54) is 18.2 Å². The first-order valence-corrected chi connectivity index (χ1v) is 10.4. The summed E-state index contributed by atoms with van der Waals surface area (Å²) in [6.07, 6.45) is 0.190. The van der Waals surface area contributed by atoms with Crippen molar-refractivity contribution < 1.29 is 32.7 Å². The van der Waals surface area contributed by atoms with E-state index in [1.54, 1.807) is 20.8 Å². The third-order valence-corrected chi connectivity index (χ3v) is 5.16. The number of H-pyrrole nitrogens is 1. The highest BCUT2D eigenvalue weighted by atomic mass is 35.5. The SMILES string of the molecule is CC(C)(C)NC(=O)C(c1c(C(=O)O)[nH]c2cc(Cl)ccc12)N(C=O)Cc1cc(F)cc(F)c1F. The third kappa shape index (κ3) is 5.17. The van der Waals surface area contributed by atoms with E-state index in [0.717, 1.165) is 4.90 Å². The van der Waals surface area contributed by atoms with Gasteiger partial charge in [-0.1, -0.05) is 17.7 Å². The Hall–Kier alpha value is -3.53. The van der Waals surface area contributed by atoms with Gasteiger partial charge in [0.2, 0.25) is 12.3 Å². The largest absolute Gasteiger partial charge is 0.477 e. The van der Waals surface area contributed by atoms with Crippen LogP contribution in [0.5, 0.6) is 0 Å². The maximum atomic E-state index is 14.4. The van der Waals surface area contributed by atoms with Crippen molar-refractivity contribution in [2.45, 2.75) is 38.9 Å². The van der Waals surface area contributed by atoms with Crippen molar-refractivity contribution in [2.75, 3.05) is 0 Å². The van der Waals surface area contributed by atoms with Crippen LogP contribution in [0.3, 0.4) is 0 Å². The molecule has 3 aromatic rings. The lowest BCUT2D eigenvalue weighted by Crippen LogP contribution is -2.47. The average molecular weight is 496 g/mol. The first-order valence-electron chi connectivity index (χ1n) is 10.0. The molecule has 1 unspecified atom stereocenters. The van der Waals surface area contributed by atoms with Gasteiger partial charge in [0, 0.05) is 45.2 Å². The van der Waals surface area contributed by atoms with Crippen molar-refractivity contribution in [2.24, 2.45) is 0 Å². The summed E-state index contributed by atoms with van der Waals surface area (Å²) in [7, 11) is 0. The van der Waals surface area contributed by atoms with Crippen LogP contribution < -0.4 is 5.32 Å². The van der Waals surface area contributed by atoms with E-state index in [9.17, 15) is 32.7 Å². The smallest absolute Gasteiger partial charge is 0.352 e. The zero-order chi connectivity index (χ0) is 25.4. The number of rotatable bonds is 7. The number of carboxylic acids is 1. The maximum absolute atomic E-state index is 14.4. The summed E-state index contributed by atoms with van der Waals surface area (Å²) in [6, 6.07) is 3.83. The van der Waals surface area contributed by atoms with Gasteiger partial charge in [-0.05, 0) is 39.0 Å². The molecule has 180 valence electrons. The lowest BCUT2D eigenvalue weighted by Gasteiger charge is -2.31. The van der Waals surface area contributed by atoms with Crippen LogP contribution in [0, 0.1) is 17.5 Å². The molecular weight excluding hydrogens is 475 g/mol. The Labute approximate surface area is 197 Å². The molecule has 0 aliphatic carbocycles. The molecule has 0 saturated carbocycles. The minimum atomic E-state index is -1.59. The highest BCUT2D eigenvalue weighted by Crippen LogP contribution is 2.34. The van der Waals surface area contributed by atoms with E-state index in [4.69, 9.17) is 11.6 Å². The number of aromatic nitrogens is 1. The lowest BCUT2D eigenvalue weighted by molar-refractivity contribution is -0.134. The van der Waals surface area contributed by atoms with Crippen LogP contribution in [-0.4, -0.2) is 38.8 Å². The molecule has 0 saturated heterocycles. The van der Waals surface area contributed by atoms with E-state index in [0.29, 0.717) is 12.1 Å². The second kappa shape index (κ2) is 9.38. The zero-order valence-corrected chi connectivity index (χ0v) is 19.1.